The lowest BCUT2D eigenvalue weighted by molar-refractivity contribution is -0.127. The fourth-order valence-corrected chi connectivity index (χ4v) is 1.32. The van der Waals surface area contributed by atoms with Crippen molar-refractivity contribution in [2.45, 2.75) is 33.2 Å². The van der Waals surface area contributed by atoms with Crippen LogP contribution in [0.5, 0.6) is 0 Å². The molecule has 7 nitrogen and oxygen atoms in total. The second-order valence-electron chi connectivity index (χ2n) is 4.88. The highest BCUT2D eigenvalue weighted by Crippen LogP contribution is 1.84. The van der Waals surface area contributed by atoms with Crippen LogP contribution in [0.4, 0.5) is 0 Å². The molecule has 0 aliphatic rings. The Bertz CT molecular complexity index is 340. The van der Waals surface area contributed by atoms with Crippen molar-refractivity contribution in [1.82, 2.24) is 20.9 Å². The Hall–Kier alpha value is -1.79. The van der Waals surface area contributed by atoms with E-state index in [1.165, 1.54) is 4.90 Å². The molecule has 116 valence electrons. The summed E-state index contributed by atoms with van der Waals surface area (Å²) in [4.78, 5) is 28.6. The molecule has 0 aromatic rings. The number of likely N-dealkylation sites (N-methyl/N-ethyl adjacent to an activating group) is 1. The minimum absolute atomic E-state index is 0.00674. The molecule has 0 fully saturated rings. The monoisotopic (exact) mass is 285 g/mol. The van der Waals surface area contributed by atoms with Gasteiger partial charge in [0.2, 0.25) is 11.8 Å². The molecule has 0 aliphatic heterocycles. The van der Waals surface area contributed by atoms with Gasteiger partial charge in [-0.1, -0.05) is 0 Å². The van der Waals surface area contributed by atoms with Gasteiger partial charge < -0.3 is 20.9 Å². The van der Waals surface area contributed by atoms with E-state index in [4.69, 9.17) is 0 Å². The summed E-state index contributed by atoms with van der Waals surface area (Å²) in [6.45, 7) is 7.03. The molecular weight excluding hydrogens is 258 g/mol. The third kappa shape index (κ3) is 9.18. The van der Waals surface area contributed by atoms with Crippen molar-refractivity contribution in [2.24, 2.45) is 4.99 Å². The predicted molar refractivity (Wildman–Crippen MR) is 80.6 cm³/mol. The molecule has 0 bridgehead atoms. The van der Waals surface area contributed by atoms with Crippen LogP contribution >= 0.6 is 0 Å². The van der Waals surface area contributed by atoms with Gasteiger partial charge in [-0.25, -0.2) is 4.99 Å². The van der Waals surface area contributed by atoms with Crippen LogP contribution in [0.3, 0.4) is 0 Å². The molecule has 0 aromatic heterocycles. The third-order valence-electron chi connectivity index (χ3n) is 2.31. The van der Waals surface area contributed by atoms with Crippen LogP contribution in [-0.4, -0.2) is 62.4 Å². The summed E-state index contributed by atoms with van der Waals surface area (Å²) < 4.78 is 0. The number of hydrogen-bond acceptors (Lipinski definition) is 3. The first-order valence-corrected chi connectivity index (χ1v) is 6.88. The van der Waals surface area contributed by atoms with E-state index in [0.29, 0.717) is 25.5 Å². The molecule has 0 heterocycles. The standard InChI is InChI=1S/C13H27N5O2/c1-6-14-13(16-9-12(20)18(4)5)15-8-7-11(19)17-10(2)3/h10H,6-9H2,1-5H3,(H,17,19)(H2,14,15,16). The van der Waals surface area contributed by atoms with E-state index in [0.717, 1.165) is 0 Å². The fraction of sp³-hybridized carbons (Fsp3) is 0.769. The average Bonchev–Trinajstić information content (AvgIpc) is 2.34. The summed E-state index contributed by atoms with van der Waals surface area (Å²) >= 11 is 0. The van der Waals surface area contributed by atoms with Gasteiger partial charge in [-0.15, -0.1) is 0 Å². The number of aliphatic imine (C=N–C) groups is 1. The molecule has 2 amide bonds. The normalized spacial score (nSPS) is 11.2. The molecule has 0 saturated carbocycles. The van der Waals surface area contributed by atoms with E-state index in [1.807, 2.05) is 20.8 Å². The number of rotatable bonds is 7. The smallest absolute Gasteiger partial charge is 0.243 e. The Kier molecular flexibility index (Phi) is 9.15. The average molecular weight is 285 g/mol. The highest BCUT2D eigenvalue weighted by molar-refractivity contribution is 5.85. The molecular formula is C13H27N5O2. The van der Waals surface area contributed by atoms with Crippen molar-refractivity contribution >= 4 is 17.8 Å². The number of carbonyl (C=O) groups is 2. The zero-order valence-corrected chi connectivity index (χ0v) is 13.1. The van der Waals surface area contributed by atoms with E-state index in [-0.39, 0.29) is 24.4 Å². The van der Waals surface area contributed by atoms with Crippen molar-refractivity contribution in [1.29, 1.82) is 0 Å². The molecule has 7 heteroatoms. The number of nitrogens with one attached hydrogen (secondary N) is 3. The molecule has 0 aliphatic carbocycles. The maximum absolute atomic E-state index is 11.5. The van der Waals surface area contributed by atoms with Gasteiger partial charge in [-0.05, 0) is 20.8 Å². The van der Waals surface area contributed by atoms with Crippen LogP contribution in [0.15, 0.2) is 4.99 Å². The second-order valence-corrected chi connectivity index (χ2v) is 4.88. The highest BCUT2D eigenvalue weighted by atomic mass is 16.2. The van der Waals surface area contributed by atoms with Crippen LogP contribution < -0.4 is 16.0 Å². The number of hydrogen-bond donors (Lipinski definition) is 3. The zero-order chi connectivity index (χ0) is 15.5. The van der Waals surface area contributed by atoms with E-state index >= 15 is 0 Å². The van der Waals surface area contributed by atoms with Crippen LogP contribution in [0, 0.1) is 0 Å². The quantitative estimate of drug-likeness (QED) is 0.437. The van der Waals surface area contributed by atoms with Gasteiger partial charge >= 0.3 is 0 Å². The van der Waals surface area contributed by atoms with Gasteiger partial charge in [0.15, 0.2) is 5.96 Å². The van der Waals surface area contributed by atoms with Gasteiger partial charge in [-0.3, -0.25) is 9.59 Å². The Morgan fingerprint density at radius 1 is 1.20 bits per heavy atom. The Morgan fingerprint density at radius 3 is 2.35 bits per heavy atom. The third-order valence-corrected chi connectivity index (χ3v) is 2.31. The van der Waals surface area contributed by atoms with Crippen LogP contribution in [0.25, 0.3) is 0 Å². The Balaban J connectivity index is 4.17. The van der Waals surface area contributed by atoms with Gasteiger partial charge in [0, 0.05) is 39.6 Å². The number of guanidine groups is 1. The molecule has 0 radical (unpaired) electrons. The molecule has 0 saturated heterocycles. The van der Waals surface area contributed by atoms with E-state index in [1.54, 1.807) is 14.1 Å². The molecule has 20 heavy (non-hydrogen) atoms. The second kappa shape index (κ2) is 10.1. The van der Waals surface area contributed by atoms with Gasteiger partial charge in [0.25, 0.3) is 0 Å². The van der Waals surface area contributed by atoms with Gasteiger partial charge in [0.1, 0.15) is 6.54 Å². The molecule has 0 atom stereocenters. The first-order valence-electron chi connectivity index (χ1n) is 6.88. The maximum Gasteiger partial charge on any atom is 0.243 e. The van der Waals surface area contributed by atoms with Crippen molar-refractivity contribution in [3.63, 3.8) is 0 Å². The van der Waals surface area contributed by atoms with Crippen LogP contribution in [-0.2, 0) is 9.59 Å². The summed E-state index contributed by atoms with van der Waals surface area (Å²) in [5.74, 6) is 0.465. The highest BCUT2D eigenvalue weighted by Gasteiger charge is 2.05. The summed E-state index contributed by atoms with van der Waals surface area (Å²) in [6, 6.07) is 0.141. The first-order chi connectivity index (χ1) is 9.36. The largest absolute Gasteiger partial charge is 0.357 e. The molecule has 3 N–H and O–H groups in total. The topological polar surface area (TPSA) is 85.8 Å². The summed E-state index contributed by atoms with van der Waals surface area (Å²) in [6.07, 6.45) is 0.365. The van der Waals surface area contributed by atoms with Crippen LogP contribution in [0.2, 0.25) is 0 Å². The van der Waals surface area contributed by atoms with Crippen molar-refractivity contribution in [3.05, 3.63) is 0 Å². The maximum atomic E-state index is 11.5. The first kappa shape index (κ1) is 18.2. The lowest BCUT2D eigenvalue weighted by Gasteiger charge is -2.13. The van der Waals surface area contributed by atoms with Gasteiger partial charge in [-0.2, -0.15) is 0 Å². The van der Waals surface area contributed by atoms with E-state index in [2.05, 4.69) is 20.9 Å². The number of nitrogens with zero attached hydrogens (tertiary/aromatic N) is 2. The summed E-state index contributed by atoms with van der Waals surface area (Å²) in [5, 5.41) is 8.87. The van der Waals surface area contributed by atoms with Crippen molar-refractivity contribution in [2.75, 3.05) is 33.7 Å². The van der Waals surface area contributed by atoms with Crippen LogP contribution in [0.1, 0.15) is 27.2 Å². The minimum atomic E-state index is -0.0697. The molecule has 0 rings (SSSR count). The predicted octanol–water partition coefficient (Wildman–Crippen LogP) is -0.456. The minimum Gasteiger partial charge on any atom is -0.357 e. The van der Waals surface area contributed by atoms with E-state index in [9.17, 15) is 9.59 Å². The number of amides is 2. The zero-order valence-electron chi connectivity index (χ0n) is 13.1. The van der Waals surface area contributed by atoms with E-state index < -0.39 is 0 Å². The SMILES string of the molecule is CCNC(=NCC(=O)N(C)C)NCCC(=O)NC(C)C. The van der Waals surface area contributed by atoms with Gasteiger partial charge in [0.05, 0.1) is 0 Å². The summed E-state index contributed by atoms with van der Waals surface area (Å²) in [7, 11) is 3.38. The Morgan fingerprint density at radius 2 is 1.85 bits per heavy atom. The van der Waals surface area contributed by atoms with Crippen molar-refractivity contribution < 1.29 is 9.59 Å². The molecule has 0 aromatic carbocycles. The lowest BCUT2D eigenvalue weighted by Crippen LogP contribution is -2.40. The fourth-order valence-electron chi connectivity index (χ4n) is 1.32. The lowest BCUT2D eigenvalue weighted by atomic mass is 10.3. The molecule has 0 unspecified atom stereocenters. The number of carbonyl (C=O) groups excluding carboxylic acids is 2. The van der Waals surface area contributed by atoms with Crippen molar-refractivity contribution in [3.8, 4) is 0 Å². The molecule has 0 spiro atoms. The Labute approximate surface area is 121 Å². The summed E-state index contributed by atoms with van der Waals surface area (Å²) in [5.41, 5.74) is 0.